The molecule has 0 atom stereocenters. The number of nitrogens with zero attached hydrogens (tertiary/aromatic N) is 3. The molecular weight excluding hydrogens is 506 g/mol. The molecule has 0 saturated carbocycles. The van der Waals surface area contributed by atoms with E-state index in [4.69, 9.17) is 11.6 Å². The third-order valence-electron chi connectivity index (χ3n) is 6.14. The van der Waals surface area contributed by atoms with E-state index in [1.807, 2.05) is 37.3 Å². The Morgan fingerprint density at radius 3 is 2.05 bits per heavy atom. The molecular formula is C30H21ClF2N4O. The van der Waals surface area contributed by atoms with Gasteiger partial charge in [-0.15, -0.1) is 0 Å². The maximum absolute atomic E-state index is 13.3. The highest BCUT2D eigenvalue weighted by atomic mass is 35.5. The van der Waals surface area contributed by atoms with Crippen LogP contribution in [0.1, 0.15) is 11.1 Å². The second kappa shape index (κ2) is 10.5. The van der Waals surface area contributed by atoms with E-state index in [1.165, 1.54) is 30.3 Å². The van der Waals surface area contributed by atoms with Crippen molar-refractivity contribution >= 4 is 33.4 Å². The molecule has 0 spiro atoms. The number of benzene rings is 2. The predicted molar refractivity (Wildman–Crippen MR) is 147 cm³/mol. The number of hydrogen-bond donors (Lipinski definition) is 1. The van der Waals surface area contributed by atoms with Crippen LogP contribution in [0.25, 0.3) is 44.6 Å². The molecule has 5 nitrogen and oxygen atoms in total. The summed E-state index contributed by atoms with van der Waals surface area (Å²) in [6, 6.07) is 19.6. The topological polar surface area (TPSA) is 71.5 Å². The van der Waals surface area contributed by atoms with Gasteiger partial charge in [-0.3, -0.25) is 14.8 Å². The normalized spacial score (nSPS) is 10.9. The Labute approximate surface area is 221 Å². The van der Waals surface area contributed by atoms with E-state index in [0.29, 0.717) is 44.1 Å². The van der Waals surface area contributed by atoms with E-state index in [9.17, 15) is 13.6 Å². The van der Waals surface area contributed by atoms with Crippen molar-refractivity contribution in [1.29, 1.82) is 0 Å². The quantitative estimate of drug-likeness (QED) is 0.254. The first-order valence-electron chi connectivity index (χ1n) is 11.7. The molecule has 38 heavy (non-hydrogen) atoms. The van der Waals surface area contributed by atoms with Crippen LogP contribution < -0.4 is 5.43 Å². The number of halogens is 3. The molecule has 8 heteroatoms. The number of aromatic nitrogens is 4. The van der Waals surface area contributed by atoms with Gasteiger partial charge in [-0.1, -0.05) is 23.7 Å². The zero-order chi connectivity index (χ0) is 26.8. The fourth-order valence-corrected chi connectivity index (χ4v) is 4.42. The molecule has 1 N–H and O–H groups in total. The van der Waals surface area contributed by atoms with Crippen LogP contribution in [0.4, 0.5) is 8.78 Å². The summed E-state index contributed by atoms with van der Waals surface area (Å²) >= 11 is 6.34. The lowest BCUT2D eigenvalue weighted by Gasteiger charge is -2.09. The number of hydrogen-bond acceptors (Lipinski definition) is 4. The summed E-state index contributed by atoms with van der Waals surface area (Å²) in [7, 11) is 0. The van der Waals surface area contributed by atoms with Gasteiger partial charge in [0.25, 0.3) is 0 Å². The molecule has 0 aliphatic rings. The molecule has 4 aromatic heterocycles. The Hall–Kier alpha value is -4.49. The highest BCUT2D eigenvalue weighted by Gasteiger charge is 2.13. The smallest absolute Gasteiger partial charge is 0.192 e. The molecule has 2 aromatic carbocycles. The van der Waals surface area contributed by atoms with Gasteiger partial charge in [-0.25, -0.2) is 13.8 Å². The van der Waals surface area contributed by atoms with Crippen molar-refractivity contribution in [3.8, 4) is 22.8 Å². The monoisotopic (exact) mass is 526 g/mol. The van der Waals surface area contributed by atoms with Crippen molar-refractivity contribution in [3.63, 3.8) is 0 Å². The second-order valence-corrected chi connectivity index (χ2v) is 9.01. The van der Waals surface area contributed by atoms with Crippen LogP contribution in [0.5, 0.6) is 0 Å². The van der Waals surface area contributed by atoms with Crippen molar-refractivity contribution in [1.82, 2.24) is 19.9 Å². The lowest BCUT2D eigenvalue weighted by molar-refractivity contribution is 0.629. The van der Waals surface area contributed by atoms with E-state index in [0.717, 1.165) is 16.6 Å². The largest absolute Gasteiger partial charge is 0.353 e. The van der Waals surface area contributed by atoms with Crippen molar-refractivity contribution in [2.75, 3.05) is 0 Å². The highest BCUT2D eigenvalue weighted by molar-refractivity contribution is 6.36. The molecule has 0 aliphatic heterocycles. The van der Waals surface area contributed by atoms with Crippen LogP contribution in [0.15, 0.2) is 90.0 Å². The first kappa shape index (κ1) is 25.2. The number of fused-ring (bicyclic) bond motifs is 2. The van der Waals surface area contributed by atoms with Gasteiger partial charge in [0, 0.05) is 34.8 Å². The van der Waals surface area contributed by atoms with Gasteiger partial charge in [0.1, 0.15) is 11.6 Å². The molecule has 0 aliphatic carbocycles. The predicted octanol–water partition coefficient (Wildman–Crippen LogP) is 7.44. The summed E-state index contributed by atoms with van der Waals surface area (Å²) < 4.78 is 26.6. The van der Waals surface area contributed by atoms with E-state index in [-0.39, 0.29) is 17.1 Å². The van der Waals surface area contributed by atoms with Crippen LogP contribution in [0, 0.1) is 25.5 Å². The lowest BCUT2D eigenvalue weighted by Crippen LogP contribution is -2.10. The number of H-pyrrole nitrogens is 1. The van der Waals surface area contributed by atoms with Crippen molar-refractivity contribution < 1.29 is 8.78 Å². The van der Waals surface area contributed by atoms with E-state index >= 15 is 0 Å². The van der Waals surface area contributed by atoms with Gasteiger partial charge in [0.2, 0.25) is 0 Å². The standard InChI is InChI=1S/C15H10ClFN2.C15H11FN2O/c1-9-14(16)11-6-5-10(17)8-13(11)19-15(9)12-4-2-3-7-18-12;1-9-14(12-4-2-3-7-17-12)18-13-8-10(16)5-6-11(13)15(9)19/h2-8H,1H3;2-8H,1H3,(H,18,19). The van der Waals surface area contributed by atoms with Gasteiger partial charge in [-0.2, -0.15) is 0 Å². The average Bonchev–Trinajstić information content (AvgIpc) is 2.94. The summed E-state index contributed by atoms with van der Waals surface area (Å²) in [6.07, 6.45) is 3.35. The molecule has 0 saturated heterocycles. The molecule has 6 rings (SSSR count). The molecule has 188 valence electrons. The van der Waals surface area contributed by atoms with Gasteiger partial charge in [0.05, 0.1) is 38.8 Å². The van der Waals surface area contributed by atoms with Crippen LogP contribution in [0.3, 0.4) is 0 Å². The summed E-state index contributed by atoms with van der Waals surface area (Å²) in [5.41, 5.74) is 5.06. The maximum Gasteiger partial charge on any atom is 0.192 e. The fourth-order valence-electron chi connectivity index (χ4n) is 4.17. The fraction of sp³-hybridized carbons (Fsp3) is 0.0667. The number of aromatic amines is 1. The van der Waals surface area contributed by atoms with E-state index < -0.39 is 0 Å². The van der Waals surface area contributed by atoms with Crippen molar-refractivity contribution in [3.05, 3.63) is 123 Å². The summed E-state index contributed by atoms with van der Waals surface area (Å²) in [6.45, 7) is 3.63. The Kier molecular flexibility index (Phi) is 6.94. The van der Waals surface area contributed by atoms with Gasteiger partial charge in [0.15, 0.2) is 5.43 Å². The molecule has 0 bridgehead atoms. The van der Waals surface area contributed by atoms with Gasteiger partial charge < -0.3 is 4.98 Å². The third kappa shape index (κ3) is 4.88. The van der Waals surface area contributed by atoms with Crippen LogP contribution in [-0.4, -0.2) is 19.9 Å². The minimum Gasteiger partial charge on any atom is -0.353 e. The first-order chi connectivity index (χ1) is 18.3. The minimum atomic E-state index is -0.376. The Morgan fingerprint density at radius 1 is 0.763 bits per heavy atom. The number of nitrogens with one attached hydrogen (secondary N) is 1. The summed E-state index contributed by atoms with van der Waals surface area (Å²) in [5, 5.41) is 1.82. The number of rotatable bonds is 2. The Morgan fingerprint density at radius 2 is 1.39 bits per heavy atom. The Bertz CT molecular complexity index is 1840. The van der Waals surface area contributed by atoms with Crippen LogP contribution in [0.2, 0.25) is 5.02 Å². The summed E-state index contributed by atoms with van der Waals surface area (Å²) in [5.74, 6) is -0.703. The van der Waals surface area contributed by atoms with Crippen molar-refractivity contribution in [2.45, 2.75) is 13.8 Å². The molecule has 0 unspecified atom stereocenters. The van der Waals surface area contributed by atoms with Crippen LogP contribution in [-0.2, 0) is 0 Å². The molecule has 4 heterocycles. The van der Waals surface area contributed by atoms with E-state index in [2.05, 4.69) is 19.9 Å². The third-order valence-corrected chi connectivity index (χ3v) is 6.63. The first-order valence-corrected chi connectivity index (χ1v) is 12.1. The Balaban J connectivity index is 0.000000155. The highest BCUT2D eigenvalue weighted by Crippen LogP contribution is 2.32. The molecule has 0 radical (unpaired) electrons. The summed E-state index contributed by atoms with van der Waals surface area (Å²) in [4.78, 5) is 28.3. The van der Waals surface area contributed by atoms with Crippen LogP contribution >= 0.6 is 11.6 Å². The zero-order valence-corrected chi connectivity index (χ0v) is 21.2. The average molecular weight is 527 g/mol. The van der Waals surface area contributed by atoms with E-state index in [1.54, 1.807) is 31.5 Å². The maximum atomic E-state index is 13.3. The van der Waals surface area contributed by atoms with Crippen molar-refractivity contribution in [2.24, 2.45) is 0 Å². The molecule has 0 amide bonds. The lowest BCUT2D eigenvalue weighted by atomic mass is 10.1. The van der Waals surface area contributed by atoms with Gasteiger partial charge in [-0.05, 0) is 74.0 Å². The molecule has 0 fully saturated rings. The second-order valence-electron chi connectivity index (χ2n) is 8.63. The number of pyridine rings is 4. The zero-order valence-electron chi connectivity index (χ0n) is 20.5. The minimum absolute atomic E-state index is 0.102. The molecule has 6 aromatic rings. The SMILES string of the molecule is Cc1c(-c2ccccn2)[nH]c2cc(F)ccc2c1=O.Cc1c(-c2ccccn2)nc2cc(F)ccc2c1Cl. The van der Waals surface area contributed by atoms with Gasteiger partial charge >= 0.3 is 0 Å².